The van der Waals surface area contributed by atoms with Gasteiger partial charge in [-0.25, -0.2) is 4.79 Å². The van der Waals surface area contributed by atoms with Crippen LogP contribution in [-0.4, -0.2) is 11.7 Å². The normalized spacial score (nSPS) is 24.8. The molecule has 4 nitrogen and oxygen atoms in total. The van der Waals surface area contributed by atoms with Gasteiger partial charge in [-0.1, -0.05) is 43.7 Å². The van der Waals surface area contributed by atoms with Crippen LogP contribution in [0, 0.1) is 17.2 Å². The summed E-state index contributed by atoms with van der Waals surface area (Å²) in [6.45, 7) is 1.35. The summed E-state index contributed by atoms with van der Waals surface area (Å²) in [7, 11) is 0. The first-order chi connectivity index (χ1) is 9.22. The molecule has 106 valence electrons. The van der Waals surface area contributed by atoms with E-state index in [9.17, 15) is 10.1 Å². The largest absolute Gasteiger partial charge is 0.331 e. The molecule has 0 aromatic rings. The van der Waals surface area contributed by atoms with E-state index in [0.717, 1.165) is 31.4 Å². The van der Waals surface area contributed by atoms with Crippen molar-refractivity contribution >= 4 is 11.7 Å². The van der Waals surface area contributed by atoms with Crippen LogP contribution in [0.5, 0.6) is 0 Å². The molecule has 4 heteroatoms. The second kappa shape index (κ2) is 9.55. The van der Waals surface area contributed by atoms with Gasteiger partial charge in [0.15, 0.2) is 0 Å². The molecule has 1 rings (SSSR count). The molecule has 19 heavy (non-hydrogen) atoms. The van der Waals surface area contributed by atoms with Gasteiger partial charge in [0.1, 0.15) is 0 Å². The van der Waals surface area contributed by atoms with Gasteiger partial charge in [-0.2, -0.15) is 5.26 Å². The van der Waals surface area contributed by atoms with Crippen LogP contribution in [0.2, 0.25) is 0 Å². The summed E-state index contributed by atoms with van der Waals surface area (Å²) in [5.41, 5.74) is 0.863. The molecular weight excluding hydrogens is 240 g/mol. The molecule has 0 saturated heterocycles. The Labute approximate surface area is 115 Å². The van der Waals surface area contributed by atoms with E-state index in [2.05, 4.69) is 11.2 Å². The van der Waals surface area contributed by atoms with Gasteiger partial charge in [-0.3, -0.25) is 0 Å². The monoisotopic (exact) mass is 264 g/mol. The summed E-state index contributed by atoms with van der Waals surface area (Å²) in [4.78, 5) is 15.6. The van der Waals surface area contributed by atoms with Crippen molar-refractivity contribution in [2.24, 2.45) is 11.1 Å². The van der Waals surface area contributed by atoms with E-state index in [1.165, 1.54) is 39.0 Å². The van der Waals surface area contributed by atoms with Crippen LogP contribution in [0.4, 0.5) is 0 Å². The molecule has 0 bridgehead atoms. The van der Waals surface area contributed by atoms with Crippen molar-refractivity contribution in [1.82, 2.24) is 0 Å². The smallest absolute Gasteiger partial charge is 0.319 e. The third kappa shape index (κ3) is 7.61. The van der Waals surface area contributed by atoms with Crippen LogP contribution in [0.15, 0.2) is 5.16 Å². The first kappa shape index (κ1) is 15.7. The molecule has 1 saturated carbocycles. The number of carbonyl (C=O) groups excluding carboxylic acids is 1. The topological polar surface area (TPSA) is 62.4 Å². The van der Waals surface area contributed by atoms with Crippen LogP contribution in [0.25, 0.3) is 0 Å². The van der Waals surface area contributed by atoms with Crippen LogP contribution < -0.4 is 0 Å². The van der Waals surface area contributed by atoms with Crippen LogP contribution in [0.3, 0.4) is 0 Å². The van der Waals surface area contributed by atoms with E-state index in [4.69, 9.17) is 4.84 Å². The van der Waals surface area contributed by atoms with E-state index >= 15 is 0 Å². The zero-order valence-electron chi connectivity index (χ0n) is 11.9. The number of nitriles is 1. The molecule has 1 aliphatic rings. The van der Waals surface area contributed by atoms with Crippen molar-refractivity contribution in [3.05, 3.63) is 0 Å². The van der Waals surface area contributed by atoms with Crippen molar-refractivity contribution in [3.8, 4) is 6.07 Å². The number of hydrogen-bond donors (Lipinski definition) is 0. The van der Waals surface area contributed by atoms with E-state index in [-0.39, 0.29) is 5.92 Å². The van der Waals surface area contributed by atoms with Crippen molar-refractivity contribution < 1.29 is 9.63 Å². The molecule has 0 radical (unpaired) electrons. The van der Waals surface area contributed by atoms with Crippen molar-refractivity contribution in [2.75, 3.05) is 0 Å². The molecule has 0 heterocycles. The van der Waals surface area contributed by atoms with E-state index in [1.807, 2.05) is 0 Å². The molecule has 0 aromatic heterocycles. The molecule has 1 fully saturated rings. The van der Waals surface area contributed by atoms with E-state index < -0.39 is 5.97 Å². The average molecular weight is 264 g/mol. The molecule has 0 aliphatic heterocycles. The average Bonchev–Trinajstić information content (AvgIpc) is 2.38. The molecular formula is C15H24N2O2. The number of carbonyl (C=O) groups is 1. The van der Waals surface area contributed by atoms with Crippen LogP contribution in [0.1, 0.15) is 71.1 Å². The lowest BCUT2D eigenvalue weighted by molar-refractivity contribution is -0.141. The number of nitrogens with zero attached hydrogens (tertiary/aromatic N) is 2. The van der Waals surface area contributed by atoms with Crippen molar-refractivity contribution in [1.29, 1.82) is 5.26 Å². The fourth-order valence-corrected chi connectivity index (χ4v) is 2.41. The zero-order chi connectivity index (χ0) is 13.9. The summed E-state index contributed by atoms with van der Waals surface area (Å²) in [5, 5.41) is 13.1. The second-order valence-electron chi connectivity index (χ2n) is 5.28. The highest BCUT2D eigenvalue weighted by atomic mass is 16.7. The maximum atomic E-state index is 10.8. The number of rotatable bonds is 1. The quantitative estimate of drug-likeness (QED) is 0.532. The Hall–Kier alpha value is -1.37. The fraction of sp³-hybridized carbons (Fsp3) is 0.800. The van der Waals surface area contributed by atoms with Gasteiger partial charge in [-0.15, -0.1) is 0 Å². The Morgan fingerprint density at radius 2 is 1.84 bits per heavy atom. The lowest BCUT2D eigenvalue weighted by Gasteiger charge is -2.12. The summed E-state index contributed by atoms with van der Waals surface area (Å²) in [6.07, 6.45) is 10.8. The molecule has 1 unspecified atom stereocenters. The third-order valence-corrected chi connectivity index (χ3v) is 3.49. The Balaban J connectivity index is 2.59. The molecule has 1 aliphatic carbocycles. The lowest BCUT2D eigenvalue weighted by atomic mass is 9.93. The van der Waals surface area contributed by atoms with Crippen LogP contribution in [-0.2, 0) is 9.63 Å². The van der Waals surface area contributed by atoms with Gasteiger partial charge in [0, 0.05) is 13.3 Å². The van der Waals surface area contributed by atoms with Crippen molar-refractivity contribution in [2.45, 2.75) is 71.1 Å². The van der Waals surface area contributed by atoms with Gasteiger partial charge >= 0.3 is 5.97 Å². The minimum atomic E-state index is -0.396. The zero-order valence-corrected chi connectivity index (χ0v) is 11.9. The highest BCUT2D eigenvalue weighted by Gasteiger charge is 2.13. The summed E-state index contributed by atoms with van der Waals surface area (Å²) < 4.78 is 0. The number of hydrogen-bond acceptors (Lipinski definition) is 4. The Kier molecular flexibility index (Phi) is 7.88. The first-order valence-electron chi connectivity index (χ1n) is 7.35. The van der Waals surface area contributed by atoms with E-state index in [1.54, 1.807) is 0 Å². The predicted molar refractivity (Wildman–Crippen MR) is 74.5 cm³/mol. The fourth-order valence-electron chi connectivity index (χ4n) is 2.41. The van der Waals surface area contributed by atoms with Gasteiger partial charge in [0.25, 0.3) is 0 Å². The second-order valence-corrected chi connectivity index (χ2v) is 5.28. The molecule has 0 amide bonds. The highest BCUT2D eigenvalue weighted by molar-refractivity contribution is 5.85. The van der Waals surface area contributed by atoms with Crippen LogP contribution >= 0.6 is 0 Å². The molecule has 0 spiro atoms. The summed E-state index contributed by atoms with van der Waals surface area (Å²) >= 11 is 0. The van der Waals surface area contributed by atoms with Gasteiger partial charge in [0.2, 0.25) is 0 Å². The lowest BCUT2D eigenvalue weighted by Crippen LogP contribution is -2.09. The standard InChI is InChI=1S/C15H24N2O2/c1-13(18)19-17-15-10-8-6-4-2-3-5-7-9-14(11-15)12-16/h14H,2-11H2,1H3/b17-15+. The maximum absolute atomic E-state index is 10.8. The van der Waals surface area contributed by atoms with Crippen molar-refractivity contribution in [3.63, 3.8) is 0 Å². The highest BCUT2D eigenvalue weighted by Crippen LogP contribution is 2.19. The van der Waals surface area contributed by atoms with Gasteiger partial charge < -0.3 is 4.84 Å². The third-order valence-electron chi connectivity index (χ3n) is 3.49. The maximum Gasteiger partial charge on any atom is 0.331 e. The molecule has 0 N–H and O–H groups in total. The van der Waals surface area contributed by atoms with Gasteiger partial charge in [-0.05, 0) is 19.3 Å². The van der Waals surface area contributed by atoms with Gasteiger partial charge in [0.05, 0.1) is 17.7 Å². The Morgan fingerprint density at radius 3 is 2.47 bits per heavy atom. The summed E-state index contributed by atoms with van der Waals surface area (Å²) in [5.74, 6) is -0.388. The first-order valence-corrected chi connectivity index (χ1v) is 7.35. The van der Waals surface area contributed by atoms with E-state index in [0.29, 0.717) is 6.42 Å². The minimum Gasteiger partial charge on any atom is -0.319 e. The Bertz CT molecular complexity index is 345. The molecule has 0 aromatic carbocycles. The minimum absolute atomic E-state index is 0.00809. The summed E-state index contributed by atoms with van der Waals surface area (Å²) in [6, 6.07) is 2.35. The SMILES string of the molecule is CC(=O)O/N=C1\CCCCCCCCCC(C#N)C1. The Morgan fingerprint density at radius 1 is 1.21 bits per heavy atom. The predicted octanol–water partition coefficient (Wildman–Crippen LogP) is 3.96. The number of oxime groups is 1. The molecule has 1 atom stereocenters.